The molecule has 1 heterocycles. The predicted octanol–water partition coefficient (Wildman–Crippen LogP) is 4.12. The fourth-order valence-corrected chi connectivity index (χ4v) is 4.60. The molecule has 1 saturated heterocycles. The summed E-state index contributed by atoms with van der Waals surface area (Å²) >= 11 is 1.43. The van der Waals surface area contributed by atoms with Crippen molar-refractivity contribution < 1.29 is 9.90 Å². The Balaban J connectivity index is 1.93. The molecule has 1 aliphatic heterocycles. The monoisotopic (exact) mass is 441 g/mol. The van der Waals surface area contributed by atoms with E-state index in [4.69, 9.17) is 11.6 Å². The standard InChI is InChI=1S/C23H31N5O2S/c1-3-16-7-8-18(23(29)30)14-22(16)31-26-20-13-17(19(24)15-27(2)25)9-10-21(20)28-11-5-4-6-12-28/h7-10,13-15,26H,3-6,11-12,24-25H2,1-2H3,(H,29,30)/b19-15-. The summed E-state index contributed by atoms with van der Waals surface area (Å²) in [6, 6.07) is 11.4. The van der Waals surface area contributed by atoms with Gasteiger partial charge in [-0.05, 0) is 67.5 Å². The highest BCUT2D eigenvalue weighted by atomic mass is 32.2. The Morgan fingerprint density at radius 1 is 1.19 bits per heavy atom. The van der Waals surface area contributed by atoms with Gasteiger partial charge in [0.05, 0.1) is 22.6 Å². The topological polar surface area (TPSA) is 108 Å². The maximum Gasteiger partial charge on any atom is 0.335 e. The molecule has 1 aliphatic rings. The Morgan fingerprint density at radius 3 is 2.55 bits per heavy atom. The number of carboxylic acids is 1. The average molecular weight is 442 g/mol. The molecule has 0 aromatic heterocycles. The van der Waals surface area contributed by atoms with Crippen LogP contribution < -0.4 is 21.2 Å². The van der Waals surface area contributed by atoms with E-state index in [0.29, 0.717) is 5.70 Å². The molecule has 8 heteroatoms. The van der Waals surface area contributed by atoms with E-state index in [1.165, 1.54) is 36.2 Å². The number of nitrogens with one attached hydrogen (secondary N) is 1. The van der Waals surface area contributed by atoms with Gasteiger partial charge in [-0.25, -0.2) is 10.6 Å². The number of nitrogens with zero attached hydrogens (tertiary/aromatic N) is 2. The second kappa shape index (κ2) is 10.5. The van der Waals surface area contributed by atoms with Crippen LogP contribution in [0.15, 0.2) is 47.5 Å². The van der Waals surface area contributed by atoms with Gasteiger partial charge in [0.2, 0.25) is 0 Å². The van der Waals surface area contributed by atoms with E-state index < -0.39 is 5.97 Å². The molecule has 0 spiro atoms. The maximum atomic E-state index is 11.4. The summed E-state index contributed by atoms with van der Waals surface area (Å²) in [5, 5.41) is 10.8. The fourth-order valence-electron chi connectivity index (χ4n) is 3.69. The zero-order chi connectivity index (χ0) is 22.4. The third-order valence-electron chi connectivity index (χ3n) is 5.34. The Hall–Kier alpha value is -2.84. The van der Waals surface area contributed by atoms with Gasteiger partial charge in [0.15, 0.2) is 0 Å². The van der Waals surface area contributed by atoms with Crippen molar-refractivity contribution in [3.05, 3.63) is 59.3 Å². The quantitative estimate of drug-likeness (QED) is 0.275. The van der Waals surface area contributed by atoms with Crippen LogP contribution in [0, 0.1) is 0 Å². The van der Waals surface area contributed by atoms with Crippen molar-refractivity contribution in [1.29, 1.82) is 0 Å². The van der Waals surface area contributed by atoms with E-state index in [1.807, 2.05) is 18.2 Å². The lowest BCUT2D eigenvalue weighted by atomic mass is 10.1. The first kappa shape index (κ1) is 22.8. The van der Waals surface area contributed by atoms with Gasteiger partial charge in [-0.2, -0.15) is 0 Å². The molecule has 6 N–H and O–H groups in total. The molecule has 2 aromatic carbocycles. The van der Waals surface area contributed by atoms with Crippen LogP contribution >= 0.6 is 11.9 Å². The highest BCUT2D eigenvalue weighted by molar-refractivity contribution is 8.00. The van der Waals surface area contributed by atoms with Crippen LogP contribution in [0.4, 0.5) is 11.4 Å². The van der Waals surface area contributed by atoms with Crippen LogP contribution in [-0.2, 0) is 6.42 Å². The lowest BCUT2D eigenvalue weighted by molar-refractivity contribution is 0.0696. The van der Waals surface area contributed by atoms with Gasteiger partial charge in [-0.3, -0.25) is 0 Å². The van der Waals surface area contributed by atoms with Crippen LogP contribution in [0.3, 0.4) is 0 Å². The Morgan fingerprint density at radius 2 is 1.90 bits per heavy atom. The fraction of sp³-hybridized carbons (Fsp3) is 0.348. The van der Waals surface area contributed by atoms with Crippen LogP contribution in [0.25, 0.3) is 5.70 Å². The zero-order valence-corrected chi connectivity index (χ0v) is 18.9. The van der Waals surface area contributed by atoms with E-state index >= 15 is 0 Å². The summed E-state index contributed by atoms with van der Waals surface area (Å²) in [6.45, 7) is 4.10. The van der Waals surface area contributed by atoms with Crippen LogP contribution in [0.1, 0.15) is 47.7 Å². The van der Waals surface area contributed by atoms with Crippen molar-refractivity contribution in [3.8, 4) is 0 Å². The second-order valence-corrected chi connectivity index (χ2v) is 8.56. The number of piperidine rings is 1. The van der Waals surface area contributed by atoms with Crippen molar-refractivity contribution in [2.75, 3.05) is 29.8 Å². The smallest absolute Gasteiger partial charge is 0.335 e. The summed E-state index contributed by atoms with van der Waals surface area (Å²) in [5.41, 5.74) is 11.1. The number of aryl methyl sites for hydroxylation is 1. The molecule has 0 saturated carbocycles. The van der Waals surface area contributed by atoms with Crippen LogP contribution in [0.2, 0.25) is 0 Å². The minimum Gasteiger partial charge on any atom is -0.478 e. The number of hydrogen-bond donors (Lipinski definition) is 4. The number of carbonyl (C=O) groups is 1. The number of hydrazine groups is 1. The predicted molar refractivity (Wildman–Crippen MR) is 129 cm³/mol. The summed E-state index contributed by atoms with van der Waals surface area (Å²) in [7, 11) is 1.73. The van der Waals surface area contributed by atoms with Crippen molar-refractivity contribution in [2.45, 2.75) is 37.5 Å². The van der Waals surface area contributed by atoms with Gasteiger partial charge in [0, 0.05) is 36.8 Å². The molecule has 2 aromatic rings. The van der Waals surface area contributed by atoms with Gasteiger partial charge in [0.25, 0.3) is 0 Å². The number of nitrogens with two attached hydrogens (primary N) is 2. The van der Waals surface area contributed by atoms with Crippen LogP contribution in [0.5, 0.6) is 0 Å². The van der Waals surface area contributed by atoms with Gasteiger partial charge in [-0.15, -0.1) is 0 Å². The molecule has 0 atom stereocenters. The molecule has 166 valence electrons. The minimum atomic E-state index is -0.927. The number of aromatic carboxylic acids is 1. The molecular formula is C23H31N5O2S. The molecule has 31 heavy (non-hydrogen) atoms. The lowest BCUT2D eigenvalue weighted by Gasteiger charge is -2.31. The number of benzene rings is 2. The van der Waals surface area contributed by atoms with Crippen molar-refractivity contribution in [2.24, 2.45) is 11.6 Å². The number of anilines is 2. The molecule has 0 aliphatic carbocycles. The first-order valence-electron chi connectivity index (χ1n) is 10.5. The number of rotatable bonds is 8. The van der Waals surface area contributed by atoms with E-state index in [-0.39, 0.29) is 5.56 Å². The van der Waals surface area contributed by atoms with Gasteiger partial charge in [-0.1, -0.05) is 19.1 Å². The van der Waals surface area contributed by atoms with Gasteiger partial charge < -0.3 is 25.5 Å². The maximum absolute atomic E-state index is 11.4. The van der Waals surface area contributed by atoms with E-state index in [2.05, 4.69) is 22.6 Å². The molecule has 0 radical (unpaired) electrons. The highest BCUT2D eigenvalue weighted by Crippen LogP contribution is 2.35. The number of hydrogen-bond acceptors (Lipinski definition) is 7. The molecule has 0 amide bonds. The Bertz CT molecular complexity index is 955. The average Bonchev–Trinajstić information content (AvgIpc) is 2.77. The minimum absolute atomic E-state index is 0.282. The third kappa shape index (κ3) is 5.86. The van der Waals surface area contributed by atoms with Crippen molar-refractivity contribution in [3.63, 3.8) is 0 Å². The van der Waals surface area contributed by atoms with E-state index in [0.717, 1.165) is 46.9 Å². The second-order valence-electron chi connectivity index (χ2n) is 7.71. The first-order chi connectivity index (χ1) is 14.9. The Labute approximate surface area is 188 Å². The lowest BCUT2D eigenvalue weighted by Crippen LogP contribution is -2.29. The van der Waals surface area contributed by atoms with Crippen LogP contribution in [-0.4, -0.2) is 36.2 Å². The zero-order valence-electron chi connectivity index (χ0n) is 18.1. The summed E-state index contributed by atoms with van der Waals surface area (Å²) < 4.78 is 3.47. The van der Waals surface area contributed by atoms with Crippen molar-refractivity contribution in [1.82, 2.24) is 5.01 Å². The first-order valence-corrected chi connectivity index (χ1v) is 11.3. The molecule has 3 rings (SSSR count). The van der Waals surface area contributed by atoms with Crippen molar-refractivity contribution >= 4 is 35.0 Å². The highest BCUT2D eigenvalue weighted by Gasteiger charge is 2.17. The molecule has 0 unspecified atom stereocenters. The van der Waals surface area contributed by atoms with Gasteiger partial charge in [0.1, 0.15) is 0 Å². The molecule has 0 bridgehead atoms. The summed E-state index contributed by atoms with van der Waals surface area (Å²) in [6.07, 6.45) is 6.11. The summed E-state index contributed by atoms with van der Waals surface area (Å²) in [4.78, 5) is 14.7. The number of carboxylic acid groups (broad SMARTS) is 1. The Kier molecular flexibility index (Phi) is 7.70. The molecule has 1 fully saturated rings. The largest absolute Gasteiger partial charge is 0.478 e. The molecular weight excluding hydrogens is 410 g/mol. The van der Waals surface area contributed by atoms with E-state index in [1.54, 1.807) is 25.4 Å². The SMILES string of the molecule is CCc1ccc(C(=O)O)cc1SNc1cc(/C(N)=C/N(C)N)ccc1N1CCCCC1. The summed E-state index contributed by atoms with van der Waals surface area (Å²) in [5.74, 6) is 4.80. The normalized spacial score (nSPS) is 14.4. The third-order valence-corrected chi connectivity index (χ3v) is 6.26. The van der Waals surface area contributed by atoms with Gasteiger partial charge >= 0.3 is 5.97 Å². The van der Waals surface area contributed by atoms with E-state index in [9.17, 15) is 9.90 Å². The molecule has 7 nitrogen and oxygen atoms in total.